The molecule has 22 heavy (non-hydrogen) atoms. The summed E-state index contributed by atoms with van der Waals surface area (Å²) in [5, 5.41) is 0. The summed E-state index contributed by atoms with van der Waals surface area (Å²) in [5.74, 6) is 1.80. The number of nitrogen functional groups attached to an aromatic ring is 1. The van der Waals surface area contributed by atoms with Gasteiger partial charge in [-0.2, -0.15) is 0 Å². The lowest BCUT2D eigenvalue weighted by molar-refractivity contribution is -0.0500. The molecule has 0 radical (unpaired) electrons. The molecule has 0 aliphatic carbocycles. The van der Waals surface area contributed by atoms with Crippen LogP contribution in [0.15, 0.2) is 42.7 Å². The van der Waals surface area contributed by atoms with E-state index in [1.54, 1.807) is 0 Å². The Kier molecular flexibility index (Phi) is 4.24. The summed E-state index contributed by atoms with van der Waals surface area (Å²) in [7, 11) is 0. The maximum absolute atomic E-state index is 6.30. The van der Waals surface area contributed by atoms with Crippen LogP contribution in [0.3, 0.4) is 0 Å². The molecular formula is C17H22N4O. The van der Waals surface area contributed by atoms with Crippen LogP contribution in [0.4, 0.5) is 11.6 Å². The maximum Gasteiger partial charge on any atom is 0.134 e. The number of anilines is 2. The van der Waals surface area contributed by atoms with Gasteiger partial charge in [-0.05, 0) is 11.5 Å². The number of nitrogens with zero attached hydrogens (tertiary/aromatic N) is 3. The number of morpholine rings is 1. The smallest absolute Gasteiger partial charge is 0.134 e. The first-order chi connectivity index (χ1) is 10.6. The van der Waals surface area contributed by atoms with Gasteiger partial charge in [0.15, 0.2) is 0 Å². The van der Waals surface area contributed by atoms with E-state index >= 15 is 0 Å². The molecule has 1 aliphatic rings. The Morgan fingerprint density at radius 1 is 1.18 bits per heavy atom. The summed E-state index contributed by atoms with van der Waals surface area (Å²) >= 11 is 0. The minimum absolute atomic E-state index is 0.0403. The van der Waals surface area contributed by atoms with E-state index in [-0.39, 0.29) is 12.2 Å². The summed E-state index contributed by atoms with van der Waals surface area (Å²) in [6.07, 6.45) is 1.72. The first-order valence-electron chi connectivity index (χ1n) is 7.66. The minimum atomic E-state index is 0.0403. The van der Waals surface area contributed by atoms with Crippen molar-refractivity contribution in [2.75, 3.05) is 23.7 Å². The fourth-order valence-electron chi connectivity index (χ4n) is 2.73. The summed E-state index contributed by atoms with van der Waals surface area (Å²) in [6, 6.07) is 12.2. The molecule has 0 amide bonds. The minimum Gasteiger partial charge on any atom is -0.384 e. The maximum atomic E-state index is 6.30. The van der Waals surface area contributed by atoms with E-state index in [2.05, 4.69) is 40.8 Å². The van der Waals surface area contributed by atoms with Crippen molar-refractivity contribution in [3.05, 3.63) is 48.3 Å². The van der Waals surface area contributed by atoms with Gasteiger partial charge in [-0.1, -0.05) is 44.2 Å². The second kappa shape index (κ2) is 6.32. The molecule has 5 nitrogen and oxygen atoms in total. The van der Waals surface area contributed by atoms with E-state index in [4.69, 9.17) is 10.5 Å². The average Bonchev–Trinajstić information content (AvgIpc) is 2.55. The van der Waals surface area contributed by atoms with Gasteiger partial charge in [-0.25, -0.2) is 9.97 Å². The number of hydrogen-bond acceptors (Lipinski definition) is 5. The van der Waals surface area contributed by atoms with Crippen LogP contribution in [0.2, 0.25) is 0 Å². The van der Waals surface area contributed by atoms with Gasteiger partial charge in [0.25, 0.3) is 0 Å². The number of rotatable bonds is 3. The van der Waals surface area contributed by atoms with Crippen LogP contribution < -0.4 is 10.6 Å². The van der Waals surface area contributed by atoms with Gasteiger partial charge in [-0.15, -0.1) is 0 Å². The van der Waals surface area contributed by atoms with Crippen LogP contribution in [0.25, 0.3) is 0 Å². The molecule has 2 N–H and O–H groups in total. The molecule has 5 heteroatoms. The van der Waals surface area contributed by atoms with Gasteiger partial charge >= 0.3 is 0 Å². The molecule has 0 spiro atoms. The number of hydrogen-bond donors (Lipinski definition) is 1. The number of aromatic nitrogens is 2. The van der Waals surface area contributed by atoms with Crippen LogP contribution in [0.5, 0.6) is 0 Å². The van der Waals surface area contributed by atoms with Crippen molar-refractivity contribution in [1.29, 1.82) is 0 Å². The second-order valence-corrected chi connectivity index (χ2v) is 6.02. The van der Waals surface area contributed by atoms with E-state index < -0.39 is 0 Å². The monoisotopic (exact) mass is 298 g/mol. The third kappa shape index (κ3) is 3.20. The van der Waals surface area contributed by atoms with Crippen molar-refractivity contribution >= 4 is 11.6 Å². The highest BCUT2D eigenvalue weighted by molar-refractivity contribution is 5.46. The Hall–Kier alpha value is -2.14. The Balaban J connectivity index is 1.87. The molecule has 0 unspecified atom stereocenters. The van der Waals surface area contributed by atoms with E-state index in [1.165, 1.54) is 11.9 Å². The molecule has 2 atom stereocenters. The summed E-state index contributed by atoms with van der Waals surface area (Å²) < 4.78 is 6.30. The lowest BCUT2D eigenvalue weighted by Crippen LogP contribution is -2.46. The SMILES string of the molecule is CC(C)[C@H]1CN(c2cc(N)ncn2)C[C@@H](c2ccccc2)O1. The van der Waals surface area contributed by atoms with Gasteiger partial charge in [0.1, 0.15) is 24.1 Å². The number of ether oxygens (including phenoxy) is 1. The molecule has 116 valence electrons. The molecule has 0 bridgehead atoms. The fraction of sp³-hybridized carbons (Fsp3) is 0.412. The van der Waals surface area contributed by atoms with Gasteiger partial charge in [-0.3, -0.25) is 0 Å². The average molecular weight is 298 g/mol. The molecular weight excluding hydrogens is 276 g/mol. The van der Waals surface area contributed by atoms with Crippen LogP contribution in [0, 0.1) is 5.92 Å². The standard InChI is InChI=1S/C17H22N4O/c1-12(2)14-9-21(17-8-16(18)19-11-20-17)10-15(22-14)13-6-4-3-5-7-13/h3-8,11-12,14-15H,9-10H2,1-2H3,(H2,18,19,20)/t14-,15+/m1/s1. The number of benzene rings is 1. The molecule has 0 saturated carbocycles. The van der Waals surface area contributed by atoms with Crippen LogP contribution in [-0.2, 0) is 4.74 Å². The zero-order chi connectivity index (χ0) is 15.5. The summed E-state index contributed by atoms with van der Waals surface area (Å²) in [5.41, 5.74) is 6.99. The number of nitrogens with two attached hydrogens (primary N) is 1. The fourth-order valence-corrected chi connectivity index (χ4v) is 2.73. The van der Waals surface area contributed by atoms with Crippen LogP contribution in [0.1, 0.15) is 25.5 Å². The van der Waals surface area contributed by atoms with Crippen molar-refractivity contribution in [2.45, 2.75) is 26.1 Å². The van der Waals surface area contributed by atoms with Crippen molar-refractivity contribution in [3.8, 4) is 0 Å². The molecule has 2 heterocycles. The van der Waals surface area contributed by atoms with Crippen LogP contribution >= 0.6 is 0 Å². The highest BCUT2D eigenvalue weighted by Crippen LogP contribution is 2.30. The first-order valence-corrected chi connectivity index (χ1v) is 7.66. The largest absolute Gasteiger partial charge is 0.384 e. The Morgan fingerprint density at radius 2 is 1.95 bits per heavy atom. The van der Waals surface area contributed by atoms with Crippen molar-refractivity contribution < 1.29 is 4.74 Å². The summed E-state index contributed by atoms with van der Waals surface area (Å²) in [4.78, 5) is 10.6. The topological polar surface area (TPSA) is 64.3 Å². The van der Waals surface area contributed by atoms with Crippen molar-refractivity contribution in [1.82, 2.24) is 9.97 Å². The third-order valence-corrected chi connectivity index (χ3v) is 4.04. The third-order valence-electron chi connectivity index (χ3n) is 4.04. The Bertz CT molecular complexity index is 617. The lowest BCUT2D eigenvalue weighted by atomic mass is 10.0. The van der Waals surface area contributed by atoms with Crippen LogP contribution in [-0.4, -0.2) is 29.2 Å². The molecule has 1 fully saturated rings. The quantitative estimate of drug-likeness (QED) is 0.943. The Morgan fingerprint density at radius 3 is 2.64 bits per heavy atom. The van der Waals surface area contributed by atoms with Gasteiger partial charge in [0, 0.05) is 19.2 Å². The zero-order valence-corrected chi connectivity index (χ0v) is 13.0. The molecule has 1 saturated heterocycles. The molecule has 1 aliphatic heterocycles. The van der Waals surface area contributed by atoms with E-state index in [9.17, 15) is 0 Å². The molecule has 2 aromatic rings. The zero-order valence-electron chi connectivity index (χ0n) is 13.0. The highest BCUT2D eigenvalue weighted by Gasteiger charge is 2.31. The van der Waals surface area contributed by atoms with Gasteiger partial charge in [0.05, 0.1) is 6.10 Å². The normalized spacial score (nSPS) is 22.0. The molecule has 1 aromatic carbocycles. The van der Waals surface area contributed by atoms with Crippen molar-refractivity contribution in [2.24, 2.45) is 5.92 Å². The van der Waals surface area contributed by atoms with E-state index in [0.717, 1.165) is 18.9 Å². The molecule has 3 rings (SSSR count). The Labute approximate surface area is 131 Å². The predicted octanol–water partition coefficient (Wildman–Crippen LogP) is 2.66. The first kappa shape index (κ1) is 14.8. The van der Waals surface area contributed by atoms with Crippen molar-refractivity contribution in [3.63, 3.8) is 0 Å². The van der Waals surface area contributed by atoms with E-state index in [0.29, 0.717) is 11.7 Å². The molecule has 1 aromatic heterocycles. The highest BCUT2D eigenvalue weighted by atomic mass is 16.5. The van der Waals surface area contributed by atoms with Gasteiger partial charge < -0.3 is 15.4 Å². The van der Waals surface area contributed by atoms with E-state index in [1.807, 2.05) is 24.3 Å². The second-order valence-electron chi connectivity index (χ2n) is 6.02. The predicted molar refractivity (Wildman–Crippen MR) is 87.6 cm³/mol. The lowest BCUT2D eigenvalue weighted by Gasteiger charge is -2.40. The van der Waals surface area contributed by atoms with Gasteiger partial charge in [0.2, 0.25) is 0 Å². The summed E-state index contributed by atoms with van der Waals surface area (Å²) in [6.45, 7) is 5.95.